The number of amides is 1. The molecule has 0 aromatic heterocycles. The van der Waals surface area contributed by atoms with E-state index < -0.39 is 12.1 Å². The second kappa shape index (κ2) is 39.3. The van der Waals surface area contributed by atoms with E-state index in [0.717, 1.165) is 25.7 Å². The molecule has 0 spiro atoms. The van der Waals surface area contributed by atoms with E-state index in [1.54, 1.807) is 6.08 Å². The normalized spacial score (nSPS) is 13.2. The lowest BCUT2D eigenvalue weighted by atomic mass is 10.0. The Hall–Kier alpha value is -1.13. The molecule has 0 aliphatic rings. The number of rotatable bonds is 38. The van der Waals surface area contributed by atoms with E-state index in [2.05, 4.69) is 31.3 Å². The van der Waals surface area contributed by atoms with Crippen molar-refractivity contribution in [3.8, 4) is 0 Å². The van der Waals surface area contributed by atoms with Gasteiger partial charge < -0.3 is 15.5 Å². The molecular weight excluding hydrogens is 578 g/mol. The molecule has 0 aromatic rings. The van der Waals surface area contributed by atoms with Gasteiger partial charge in [-0.1, -0.05) is 199 Å². The van der Waals surface area contributed by atoms with Gasteiger partial charge >= 0.3 is 0 Å². The van der Waals surface area contributed by atoms with Gasteiger partial charge in [-0.2, -0.15) is 0 Å². The van der Waals surface area contributed by atoms with Crippen LogP contribution in [0.3, 0.4) is 0 Å². The summed E-state index contributed by atoms with van der Waals surface area (Å²) in [6, 6.07) is -0.618. The fraction of sp³-hybridized carbons (Fsp3) is 0.884. The lowest BCUT2D eigenvalue weighted by Crippen LogP contribution is -2.45. The van der Waals surface area contributed by atoms with Gasteiger partial charge in [-0.3, -0.25) is 4.79 Å². The summed E-state index contributed by atoms with van der Waals surface area (Å²) in [5.41, 5.74) is 0. The largest absolute Gasteiger partial charge is 0.394 e. The molecule has 0 aliphatic carbocycles. The van der Waals surface area contributed by atoms with E-state index >= 15 is 0 Å². The molecule has 2 atom stereocenters. The smallest absolute Gasteiger partial charge is 0.220 e. The summed E-state index contributed by atoms with van der Waals surface area (Å²) >= 11 is 0. The first kappa shape index (κ1) is 45.9. The van der Waals surface area contributed by atoms with Crippen molar-refractivity contribution in [1.82, 2.24) is 5.32 Å². The highest BCUT2D eigenvalue weighted by molar-refractivity contribution is 5.76. The Morgan fingerprint density at radius 1 is 0.489 bits per heavy atom. The first-order chi connectivity index (χ1) is 23.2. The van der Waals surface area contributed by atoms with Crippen molar-refractivity contribution in [2.75, 3.05) is 6.61 Å². The standard InChI is InChI=1S/C43H83NO3/c1-3-5-7-9-11-13-15-17-18-19-20-21-22-23-24-25-26-27-29-31-33-35-37-39-43(47)44-41(40-45)42(46)38-36-34-32-30-28-16-14-12-10-8-6-4-2/h19-20,36,38,41-42,45-46H,3-18,21-35,37,39-40H2,1-2H3,(H,44,47)/b20-19-,38-36+. The molecule has 0 rings (SSSR count). The molecule has 0 bridgehead atoms. The van der Waals surface area contributed by atoms with Gasteiger partial charge in [-0.05, 0) is 44.9 Å². The van der Waals surface area contributed by atoms with Crippen molar-refractivity contribution in [1.29, 1.82) is 0 Å². The summed E-state index contributed by atoms with van der Waals surface area (Å²) in [4.78, 5) is 12.3. The molecule has 0 aromatic carbocycles. The molecule has 278 valence electrons. The van der Waals surface area contributed by atoms with Crippen LogP contribution in [0.4, 0.5) is 0 Å². The molecule has 0 aliphatic heterocycles. The predicted molar refractivity (Wildman–Crippen MR) is 207 cm³/mol. The van der Waals surface area contributed by atoms with Crippen LogP contribution in [-0.2, 0) is 4.79 Å². The fourth-order valence-electron chi connectivity index (χ4n) is 6.41. The van der Waals surface area contributed by atoms with Crippen LogP contribution in [-0.4, -0.2) is 34.9 Å². The van der Waals surface area contributed by atoms with Crippen LogP contribution < -0.4 is 5.32 Å². The zero-order chi connectivity index (χ0) is 34.3. The summed E-state index contributed by atoms with van der Waals surface area (Å²) in [6.45, 7) is 4.30. The summed E-state index contributed by atoms with van der Waals surface area (Å²) < 4.78 is 0. The van der Waals surface area contributed by atoms with E-state index in [1.807, 2.05) is 6.08 Å². The highest BCUT2D eigenvalue weighted by Crippen LogP contribution is 2.15. The number of hydrogen-bond acceptors (Lipinski definition) is 3. The average molecular weight is 662 g/mol. The molecular formula is C43H83NO3. The van der Waals surface area contributed by atoms with Crippen LogP contribution in [0.15, 0.2) is 24.3 Å². The number of nitrogens with one attached hydrogen (secondary N) is 1. The summed E-state index contributed by atoms with van der Waals surface area (Å²) in [6.07, 6.45) is 49.9. The molecule has 0 heterocycles. The van der Waals surface area contributed by atoms with Crippen LogP contribution in [0.1, 0.15) is 226 Å². The maximum atomic E-state index is 12.3. The van der Waals surface area contributed by atoms with Crippen LogP contribution in [0, 0.1) is 0 Å². The van der Waals surface area contributed by atoms with Gasteiger partial charge in [0.05, 0.1) is 18.8 Å². The van der Waals surface area contributed by atoms with Crippen molar-refractivity contribution in [3.63, 3.8) is 0 Å². The maximum Gasteiger partial charge on any atom is 0.220 e. The first-order valence-corrected chi connectivity index (χ1v) is 21.1. The SMILES string of the molecule is CCCCCCCCCC/C=C\CCCCCCCCCCCCCC(=O)NC(CO)C(O)/C=C/CCCCCCCCCCCC. The zero-order valence-corrected chi connectivity index (χ0v) is 31.8. The number of carbonyl (C=O) groups excluding carboxylic acids is 1. The number of aliphatic hydroxyl groups excluding tert-OH is 2. The van der Waals surface area contributed by atoms with Gasteiger partial charge in [-0.25, -0.2) is 0 Å². The monoisotopic (exact) mass is 662 g/mol. The minimum Gasteiger partial charge on any atom is -0.394 e. The lowest BCUT2D eigenvalue weighted by Gasteiger charge is -2.20. The number of carbonyl (C=O) groups is 1. The summed E-state index contributed by atoms with van der Waals surface area (Å²) in [7, 11) is 0. The Morgan fingerprint density at radius 2 is 0.809 bits per heavy atom. The second-order valence-electron chi connectivity index (χ2n) is 14.4. The third-order valence-electron chi connectivity index (χ3n) is 9.68. The lowest BCUT2D eigenvalue weighted by molar-refractivity contribution is -0.123. The number of unbranched alkanes of at least 4 members (excludes halogenated alkanes) is 29. The van der Waals surface area contributed by atoms with Crippen LogP contribution in [0.2, 0.25) is 0 Å². The van der Waals surface area contributed by atoms with Crippen LogP contribution >= 0.6 is 0 Å². The second-order valence-corrected chi connectivity index (χ2v) is 14.4. The molecule has 0 radical (unpaired) electrons. The van der Waals surface area contributed by atoms with Crippen molar-refractivity contribution < 1.29 is 15.0 Å². The van der Waals surface area contributed by atoms with Gasteiger partial charge in [0.15, 0.2) is 0 Å². The highest BCUT2D eigenvalue weighted by Gasteiger charge is 2.17. The minimum absolute atomic E-state index is 0.0646. The Kier molecular flexibility index (Phi) is 38.4. The van der Waals surface area contributed by atoms with Gasteiger partial charge in [0.2, 0.25) is 5.91 Å². The van der Waals surface area contributed by atoms with E-state index in [-0.39, 0.29) is 12.5 Å². The maximum absolute atomic E-state index is 12.3. The summed E-state index contributed by atoms with van der Waals surface area (Å²) in [5.74, 6) is -0.0646. The van der Waals surface area contributed by atoms with Crippen molar-refractivity contribution in [2.24, 2.45) is 0 Å². The van der Waals surface area contributed by atoms with Gasteiger partial charge in [0.1, 0.15) is 0 Å². The zero-order valence-electron chi connectivity index (χ0n) is 31.8. The van der Waals surface area contributed by atoms with E-state index in [0.29, 0.717) is 6.42 Å². The molecule has 4 nitrogen and oxygen atoms in total. The third-order valence-corrected chi connectivity index (χ3v) is 9.68. The number of allylic oxidation sites excluding steroid dienone is 3. The molecule has 3 N–H and O–H groups in total. The Labute approximate surface area is 294 Å². The van der Waals surface area contributed by atoms with Crippen molar-refractivity contribution >= 4 is 5.91 Å². The molecule has 4 heteroatoms. The quantitative estimate of drug-likeness (QED) is 0.0455. The highest BCUT2D eigenvalue weighted by atomic mass is 16.3. The minimum atomic E-state index is -0.835. The Morgan fingerprint density at radius 3 is 1.17 bits per heavy atom. The Balaban J connectivity index is 3.52. The number of hydrogen-bond donors (Lipinski definition) is 3. The van der Waals surface area contributed by atoms with Gasteiger partial charge in [0, 0.05) is 6.42 Å². The Bertz CT molecular complexity index is 676. The van der Waals surface area contributed by atoms with Crippen molar-refractivity contribution in [3.05, 3.63) is 24.3 Å². The molecule has 2 unspecified atom stereocenters. The number of aliphatic hydroxyl groups is 2. The predicted octanol–water partition coefficient (Wildman–Crippen LogP) is 12.8. The van der Waals surface area contributed by atoms with Gasteiger partial charge in [0.25, 0.3) is 0 Å². The first-order valence-electron chi connectivity index (χ1n) is 21.1. The van der Waals surface area contributed by atoms with E-state index in [9.17, 15) is 15.0 Å². The van der Waals surface area contributed by atoms with Crippen molar-refractivity contribution in [2.45, 2.75) is 238 Å². The molecule has 0 fully saturated rings. The molecule has 1 amide bonds. The third kappa shape index (κ3) is 36.0. The fourth-order valence-corrected chi connectivity index (χ4v) is 6.41. The average Bonchev–Trinajstić information content (AvgIpc) is 3.07. The molecule has 47 heavy (non-hydrogen) atoms. The van der Waals surface area contributed by atoms with Crippen LogP contribution in [0.5, 0.6) is 0 Å². The van der Waals surface area contributed by atoms with Crippen LogP contribution in [0.25, 0.3) is 0 Å². The van der Waals surface area contributed by atoms with Gasteiger partial charge in [-0.15, -0.1) is 0 Å². The van der Waals surface area contributed by atoms with E-state index in [4.69, 9.17) is 0 Å². The molecule has 0 saturated carbocycles. The molecule has 0 saturated heterocycles. The topological polar surface area (TPSA) is 69.6 Å². The van der Waals surface area contributed by atoms with E-state index in [1.165, 1.54) is 180 Å². The summed E-state index contributed by atoms with van der Waals surface area (Å²) in [5, 5.41) is 22.9.